The highest BCUT2D eigenvalue weighted by molar-refractivity contribution is 7.89. The van der Waals surface area contributed by atoms with Gasteiger partial charge in [0, 0.05) is 19.1 Å². The number of nitrogens with one attached hydrogen (secondary N) is 1. The molecule has 26 heavy (non-hydrogen) atoms. The summed E-state index contributed by atoms with van der Waals surface area (Å²) in [5, 5.41) is 6.92. The molecule has 1 aliphatic heterocycles. The van der Waals surface area contributed by atoms with E-state index in [0.717, 1.165) is 32.1 Å². The van der Waals surface area contributed by atoms with Gasteiger partial charge >= 0.3 is 0 Å². The lowest BCUT2D eigenvalue weighted by Crippen LogP contribution is -2.47. The summed E-state index contributed by atoms with van der Waals surface area (Å²) in [7, 11) is -3.69. The summed E-state index contributed by atoms with van der Waals surface area (Å²) in [5.41, 5.74) is 0.368. The smallest absolute Gasteiger partial charge is 0.248 e. The molecule has 1 saturated carbocycles. The third kappa shape index (κ3) is 4.11. The second-order valence-corrected chi connectivity index (χ2v) is 9.43. The monoisotopic (exact) mass is 383 g/mol. The number of hydrogen-bond donors (Lipinski definition) is 1. The van der Waals surface area contributed by atoms with E-state index in [4.69, 9.17) is 4.52 Å². The van der Waals surface area contributed by atoms with Crippen LogP contribution < -0.4 is 5.32 Å². The fourth-order valence-corrected chi connectivity index (χ4v) is 5.90. The van der Waals surface area contributed by atoms with Crippen LogP contribution in [0.1, 0.15) is 62.8 Å². The summed E-state index contributed by atoms with van der Waals surface area (Å²) in [5.74, 6) is 0.00495. The van der Waals surface area contributed by atoms with E-state index in [2.05, 4.69) is 10.5 Å². The van der Waals surface area contributed by atoms with Crippen LogP contribution in [0.25, 0.3) is 0 Å². The number of amides is 1. The molecule has 2 fully saturated rings. The van der Waals surface area contributed by atoms with Gasteiger partial charge in [0.05, 0.1) is 5.92 Å². The number of carbonyl (C=O) groups excluding carboxylic acids is 1. The van der Waals surface area contributed by atoms with Crippen molar-refractivity contribution in [1.82, 2.24) is 14.8 Å². The molecule has 0 bridgehead atoms. The zero-order valence-electron chi connectivity index (χ0n) is 15.7. The maximum absolute atomic E-state index is 13.0. The first-order valence-electron chi connectivity index (χ1n) is 9.63. The molecule has 146 valence electrons. The maximum atomic E-state index is 13.0. The van der Waals surface area contributed by atoms with Gasteiger partial charge < -0.3 is 9.84 Å². The van der Waals surface area contributed by atoms with Crippen LogP contribution in [0.5, 0.6) is 0 Å². The maximum Gasteiger partial charge on any atom is 0.248 e. The average Bonchev–Trinajstić information content (AvgIpc) is 2.81. The van der Waals surface area contributed by atoms with Gasteiger partial charge in [-0.25, -0.2) is 8.42 Å². The number of nitrogens with zero attached hydrogens (tertiary/aromatic N) is 2. The van der Waals surface area contributed by atoms with E-state index < -0.39 is 10.0 Å². The standard InChI is InChI=1S/C18H29N3O4S/c1-13-17(14(2)25-20-13)26(23,24)21-11-7-8-15(12-21)18(22)19-16-9-5-3-4-6-10-16/h15-16H,3-12H2,1-2H3,(H,19,22). The molecule has 1 atom stereocenters. The van der Waals surface area contributed by atoms with Crippen molar-refractivity contribution in [2.45, 2.75) is 76.2 Å². The Kier molecular flexibility index (Phi) is 6.02. The molecule has 7 nitrogen and oxygen atoms in total. The van der Waals surface area contributed by atoms with Gasteiger partial charge in [0.2, 0.25) is 15.9 Å². The molecule has 1 amide bonds. The van der Waals surface area contributed by atoms with Gasteiger partial charge in [-0.2, -0.15) is 4.31 Å². The normalized spacial score (nSPS) is 23.5. The van der Waals surface area contributed by atoms with Gasteiger partial charge in [-0.15, -0.1) is 0 Å². The molecule has 8 heteroatoms. The highest BCUT2D eigenvalue weighted by Gasteiger charge is 2.36. The minimum Gasteiger partial charge on any atom is -0.360 e. The molecule has 0 radical (unpaired) electrons. The Labute approximate surface area is 155 Å². The summed E-state index contributed by atoms with van der Waals surface area (Å²) in [6.07, 6.45) is 8.25. The predicted molar refractivity (Wildman–Crippen MR) is 97.1 cm³/mol. The molecular weight excluding hydrogens is 354 g/mol. The van der Waals surface area contributed by atoms with Crippen LogP contribution in [0.3, 0.4) is 0 Å². The summed E-state index contributed by atoms with van der Waals surface area (Å²) in [4.78, 5) is 12.8. The number of hydrogen-bond acceptors (Lipinski definition) is 5. The Morgan fingerprint density at radius 2 is 1.81 bits per heavy atom. The fourth-order valence-electron chi connectivity index (χ4n) is 4.09. The van der Waals surface area contributed by atoms with Crippen LogP contribution in [-0.4, -0.2) is 42.9 Å². The molecule has 0 aromatic carbocycles. The minimum atomic E-state index is -3.69. The minimum absolute atomic E-state index is 0.00411. The molecule has 2 heterocycles. The Hall–Kier alpha value is -1.41. The molecular formula is C18H29N3O4S. The first-order chi connectivity index (χ1) is 12.4. The number of piperidine rings is 1. The van der Waals surface area contributed by atoms with Crippen LogP contribution in [0.4, 0.5) is 0 Å². The number of aryl methyl sites for hydroxylation is 2. The van der Waals surface area contributed by atoms with Crippen molar-refractivity contribution in [3.05, 3.63) is 11.5 Å². The number of rotatable bonds is 4. The van der Waals surface area contributed by atoms with Crippen molar-refractivity contribution in [1.29, 1.82) is 0 Å². The highest BCUT2D eigenvalue weighted by atomic mass is 32.2. The summed E-state index contributed by atoms with van der Waals surface area (Å²) in [6.45, 7) is 3.89. The van der Waals surface area contributed by atoms with Crippen molar-refractivity contribution < 1.29 is 17.7 Å². The van der Waals surface area contributed by atoms with Crippen molar-refractivity contribution in [3.8, 4) is 0 Å². The van der Waals surface area contributed by atoms with E-state index in [0.29, 0.717) is 24.4 Å². The average molecular weight is 384 g/mol. The molecule has 1 N–H and O–H groups in total. The van der Waals surface area contributed by atoms with Gasteiger partial charge in [0.25, 0.3) is 0 Å². The topological polar surface area (TPSA) is 92.5 Å². The van der Waals surface area contributed by atoms with E-state index in [9.17, 15) is 13.2 Å². The quantitative estimate of drug-likeness (QED) is 0.807. The lowest BCUT2D eigenvalue weighted by molar-refractivity contribution is -0.126. The van der Waals surface area contributed by atoms with E-state index in [-0.39, 0.29) is 29.3 Å². The Morgan fingerprint density at radius 1 is 1.12 bits per heavy atom. The zero-order valence-corrected chi connectivity index (χ0v) is 16.5. The van der Waals surface area contributed by atoms with Crippen molar-refractivity contribution in [2.24, 2.45) is 5.92 Å². The van der Waals surface area contributed by atoms with Crippen LogP contribution in [0, 0.1) is 19.8 Å². The molecule has 1 aromatic rings. The molecule has 1 unspecified atom stereocenters. The SMILES string of the molecule is Cc1noc(C)c1S(=O)(=O)N1CCCC(C(=O)NC2CCCCCC2)C1. The lowest BCUT2D eigenvalue weighted by Gasteiger charge is -2.32. The Balaban J connectivity index is 1.68. The summed E-state index contributed by atoms with van der Waals surface area (Å²) in [6, 6.07) is 0.236. The first kappa shape index (κ1) is 19.4. The number of carbonyl (C=O) groups is 1. The van der Waals surface area contributed by atoms with Crippen LogP contribution in [0.15, 0.2) is 9.42 Å². The molecule has 1 aliphatic carbocycles. The number of aromatic nitrogens is 1. The second-order valence-electron chi connectivity index (χ2n) is 7.55. The van der Waals surface area contributed by atoms with E-state index in [1.165, 1.54) is 17.1 Å². The van der Waals surface area contributed by atoms with Gasteiger partial charge in [0.15, 0.2) is 5.76 Å². The van der Waals surface area contributed by atoms with E-state index in [1.54, 1.807) is 13.8 Å². The predicted octanol–water partition coefficient (Wildman–Crippen LogP) is 2.53. The second kappa shape index (κ2) is 8.08. The third-order valence-electron chi connectivity index (χ3n) is 5.52. The first-order valence-corrected chi connectivity index (χ1v) is 11.1. The van der Waals surface area contributed by atoms with Gasteiger partial charge in [-0.3, -0.25) is 4.79 Å². The zero-order chi connectivity index (χ0) is 18.7. The van der Waals surface area contributed by atoms with Crippen molar-refractivity contribution in [2.75, 3.05) is 13.1 Å². The Morgan fingerprint density at radius 3 is 2.42 bits per heavy atom. The molecule has 3 rings (SSSR count). The summed E-state index contributed by atoms with van der Waals surface area (Å²) < 4.78 is 32.4. The van der Waals surface area contributed by atoms with Crippen LogP contribution in [-0.2, 0) is 14.8 Å². The Bertz CT molecular complexity index is 716. The lowest BCUT2D eigenvalue weighted by atomic mass is 9.97. The highest BCUT2D eigenvalue weighted by Crippen LogP contribution is 2.28. The van der Waals surface area contributed by atoms with Crippen molar-refractivity contribution in [3.63, 3.8) is 0 Å². The van der Waals surface area contributed by atoms with Crippen LogP contribution >= 0.6 is 0 Å². The molecule has 2 aliphatic rings. The van der Waals surface area contributed by atoms with E-state index >= 15 is 0 Å². The van der Waals surface area contributed by atoms with Gasteiger partial charge in [-0.05, 0) is 39.5 Å². The van der Waals surface area contributed by atoms with Gasteiger partial charge in [0.1, 0.15) is 10.6 Å². The number of sulfonamides is 1. The largest absolute Gasteiger partial charge is 0.360 e. The molecule has 1 saturated heterocycles. The summed E-state index contributed by atoms with van der Waals surface area (Å²) >= 11 is 0. The van der Waals surface area contributed by atoms with Crippen molar-refractivity contribution >= 4 is 15.9 Å². The van der Waals surface area contributed by atoms with Crippen LogP contribution in [0.2, 0.25) is 0 Å². The van der Waals surface area contributed by atoms with E-state index in [1.807, 2.05) is 0 Å². The molecule has 1 aromatic heterocycles. The third-order valence-corrected chi connectivity index (χ3v) is 7.63. The fraction of sp³-hybridized carbons (Fsp3) is 0.778. The van der Waals surface area contributed by atoms with Gasteiger partial charge in [-0.1, -0.05) is 30.8 Å². The molecule has 0 spiro atoms.